The number of hydrogen-bond donors (Lipinski definition) is 0. The molecular weight excluding hydrogens is 466 g/mol. The van der Waals surface area contributed by atoms with E-state index in [0.29, 0.717) is 35.4 Å². The lowest BCUT2D eigenvalue weighted by molar-refractivity contribution is -0.122. The Labute approximate surface area is 209 Å². The first-order valence-corrected chi connectivity index (χ1v) is 12.1. The number of benzene rings is 3. The van der Waals surface area contributed by atoms with Gasteiger partial charge in [-0.1, -0.05) is 78.6 Å². The van der Waals surface area contributed by atoms with Gasteiger partial charge in [-0.15, -0.1) is 0 Å². The maximum Gasteiger partial charge on any atom is 0.266 e. The summed E-state index contributed by atoms with van der Waals surface area (Å²) in [7, 11) is 1.63. The zero-order valence-electron chi connectivity index (χ0n) is 18.8. The summed E-state index contributed by atoms with van der Waals surface area (Å²) in [5.74, 6) is 2.16. The number of amides is 1. The minimum Gasteiger partial charge on any atom is -0.497 e. The maximum atomic E-state index is 13.0. The van der Waals surface area contributed by atoms with E-state index >= 15 is 0 Å². The van der Waals surface area contributed by atoms with Crippen LogP contribution in [0, 0.1) is 0 Å². The van der Waals surface area contributed by atoms with Crippen LogP contribution in [0.1, 0.15) is 17.5 Å². The quantitative estimate of drug-likeness (QED) is 0.199. The van der Waals surface area contributed by atoms with Gasteiger partial charge in [0, 0.05) is 18.1 Å². The molecule has 0 saturated carbocycles. The number of carbonyl (C=O) groups excluding carboxylic acids is 1. The van der Waals surface area contributed by atoms with Gasteiger partial charge in [-0.3, -0.25) is 9.69 Å². The number of hydrogen-bond acceptors (Lipinski definition) is 6. The molecule has 174 valence electrons. The number of methoxy groups -OCH3 is 1. The SMILES string of the molecule is COc1cccc(OCCCOc2ccccc2/C=C2/SC(=S)N(Cc3ccccc3)C2=O)c1. The third kappa shape index (κ3) is 6.18. The highest BCUT2D eigenvalue weighted by Gasteiger charge is 2.32. The molecule has 7 heteroatoms. The Morgan fingerprint density at radius 1 is 0.912 bits per heavy atom. The van der Waals surface area contributed by atoms with Crippen LogP contribution in [0.5, 0.6) is 17.2 Å². The van der Waals surface area contributed by atoms with Gasteiger partial charge in [-0.25, -0.2) is 0 Å². The first kappa shape index (κ1) is 23.9. The molecule has 0 spiro atoms. The molecule has 3 aromatic rings. The van der Waals surface area contributed by atoms with Crippen molar-refractivity contribution in [1.82, 2.24) is 4.90 Å². The third-order valence-electron chi connectivity index (χ3n) is 5.12. The Kier molecular flexibility index (Phi) is 8.22. The molecule has 0 unspecified atom stereocenters. The van der Waals surface area contributed by atoms with E-state index in [4.69, 9.17) is 26.4 Å². The predicted octanol–water partition coefficient (Wildman–Crippen LogP) is 5.94. The molecular formula is C27H25NO4S2. The normalized spacial score (nSPS) is 14.5. The fourth-order valence-electron chi connectivity index (χ4n) is 3.40. The van der Waals surface area contributed by atoms with Crippen molar-refractivity contribution in [2.75, 3.05) is 20.3 Å². The summed E-state index contributed by atoms with van der Waals surface area (Å²) in [6.45, 7) is 1.48. The van der Waals surface area contributed by atoms with Crippen molar-refractivity contribution in [2.24, 2.45) is 0 Å². The first-order chi connectivity index (χ1) is 16.6. The minimum absolute atomic E-state index is 0.0830. The van der Waals surface area contributed by atoms with Gasteiger partial charge in [0.25, 0.3) is 5.91 Å². The largest absolute Gasteiger partial charge is 0.497 e. The molecule has 1 heterocycles. The second kappa shape index (κ2) is 11.7. The van der Waals surface area contributed by atoms with Crippen molar-refractivity contribution in [3.63, 3.8) is 0 Å². The number of para-hydroxylation sites is 1. The summed E-state index contributed by atoms with van der Waals surface area (Å²) in [5, 5.41) is 0. The molecule has 0 aliphatic carbocycles. The van der Waals surface area contributed by atoms with Crippen LogP contribution in [0.25, 0.3) is 6.08 Å². The van der Waals surface area contributed by atoms with Gasteiger partial charge in [0.15, 0.2) is 0 Å². The van der Waals surface area contributed by atoms with E-state index in [1.807, 2.05) is 84.9 Å². The van der Waals surface area contributed by atoms with Crippen LogP contribution in [-0.4, -0.2) is 35.5 Å². The average Bonchev–Trinajstić information content (AvgIpc) is 3.13. The molecule has 5 nitrogen and oxygen atoms in total. The lowest BCUT2D eigenvalue weighted by atomic mass is 10.1. The number of ether oxygens (including phenoxy) is 3. The van der Waals surface area contributed by atoms with Gasteiger partial charge >= 0.3 is 0 Å². The molecule has 0 bridgehead atoms. The van der Waals surface area contributed by atoms with Crippen LogP contribution in [0.3, 0.4) is 0 Å². The van der Waals surface area contributed by atoms with Gasteiger partial charge < -0.3 is 14.2 Å². The average molecular weight is 492 g/mol. The molecule has 0 radical (unpaired) electrons. The summed E-state index contributed by atoms with van der Waals surface area (Å²) in [6.07, 6.45) is 2.57. The molecule has 34 heavy (non-hydrogen) atoms. The standard InChI is InChI=1S/C27H25NO4S2/c1-30-22-12-7-13-23(18-22)31-15-8-16-32-24-14-6-5-11-21(24)17-25-26(29)28(27(33)34-25)19-20-9-3-2-4-10-20/h2-7,9-14,17-18H,8,15-16,19H2,1H3/b25-17+. The summed E-state index contributed by atoms with van der Waals surface area (Å²) in [5.41, 5.74) is 1.89. The number of nitrogens with zero attached hydrogens (tertiary/aromatic N) is 1. The molecule has 4 rings (SSSR count). The van der Waals surface area contributed by atoms with Crippen LogP contribution in [0.15, 0.2) is 83.8 Å². The van der Waals surface area contributed by atoms with Crippen LogP contribution in [0.4, 0.5) is 0 Å². The zero-order chi connectivity index (χ0) is 23.8. The van der Waals surface area contributed by atoms with E-state index < -0.39 is 0 Å². The van der Waals surface area contributed by atoms with E-state index in [1.54, 1.807) is 12.0 Å². The van der Waals surface area contributed by atoms with Crippen LogP contribution in [0.2, 0.25) is 0 Å². The fourth-order valence-corrected chi connectivity index (χ4v) is 4.64. The molecule has 1 fully saturated rings. The summed E-state index contributed by atoms with van der Waals surface area (Å²) in [4.78, 5) is 15.2. The second-order valence-electron chi connectivity index (χ2n) is 7.52. The monoisotopic (exact) mass is 491 g/mol. The van der Waals surface area contributed by atoms with Gasteiger partial charge in [-0.2, -0.15) is 0 Å². The number of thioether (sulfide) groups is 1. The van der Waals surface area contributed by atoms with Crippen molar-refractivity contribution in [3.8, 4) is 17.2 Å². The fraction of sp³-hybridized carbons (Fsp3) is 0.185. The van der Waals surface area contributed by atoms with E-state index in [2.05, 4.69) is 0 Å². The Bertz CT molecular complexity index is 1180. The smallest absolute Gasteiger partial charge is 0.266 e. The summed E-state index contributed by atoms with van der Waals surface area (Å²) in [6, 6.07) is 25.0. The lowest BCUT2D eigenvalue weighted by Crippen LogP contribution is -2.27. The minimum atomic E-state index is -0.0830. The molecule has 1 aliphatic heterocycles. The zero-order valence-corrected chi connectivity index (χ0v) is 20.4. The van der Waals surface area contributed by atoms with Crippen LogP contribution in [-0.2, 0) is 11.3 Å². The van der Waals surface area contributed by atoms with Gasteiger partial charge in [0.2, 0.25) is 0 Å². The predicted molar refractivity (Wildman–Crippen MR) is 140 cm³/mol. The third-order valence-corrected chi connectivity index (χ3v) is 6.50. The lowest BCUT2D eigenvalue weighted by Gasteiger charge is -2.14. The maximum absolute atomic E-state index is 13.0. The van der Waals surface area contributed by atoms with Crippen molar-refractivity contribution in [3.05, 3.63) is 94.9 Å². The van der Waals surface area contributed by atoms with Crippen molar-refractivity contribution >= 4 is 40.3 Å². The molecule has 0 N–H and O–H groups in total. The Morgan fingerprint density at radius 2 is 1.65 bits per heavy atom. The number of thiocarbonyl (C=S) groups is 1. The first-order valence-electron chi connectivity index (χ1n) is 10.9. The van der Waals surface area contributed by atoms with E-state index in [9.17, 15) is 4.79 Å². The van der Waals surface area contributed by atoms with E-state index in [0.717, 1.165) is 28.4 Å². The highest BCUT2D eigenvalue weighted by molar-refractivity contribution is 8.26. The topological polar surface area (TPSA) is 48.0 Å². The Hall–Kier alpha value is -3.29. The summed E-state index contributed by atoms with van der Waals surface area (Å²) < 4.78 is 17.5. The number of rotatable bonds is 10. The van der Waals surface area contributed by atoms with Gasteiger partial charge in [0.05, 0.1) is 31.8 Å². The highest BCUT2D eigenvalue weighted by Crippen LogP contribution is 2.35. The molecule has 0 atom stereocenters. The van der Waals surface area contributed by atoms with Crippen molar-refractivity contribution in [2.45, 2.75) is 13.0 Å². The molecule has 3 aromatic carbocycles. The van der Waals surface area contributed by atoms with Crippen molar-refractivity contribution < 1.29 is 19.0 Å². The Balaban J connectivity index is 1.34. The number of carbonyl (C=O) groups is 1. The van der Waals surface area contributed by atoms with Crippen molar-refractivity contribution in [1.29, 1.82) is 0 Å². The van der Waals surface area contributed by atoms with Crippen LogP contribution < -0.4 is 14.2 Å². The van der Waals surface area contributed by atoms with E-state index in [1.165, 1.54) is 11.8 Å². The highest BCUT2D eigenvalue weighted by atomic mass is 32.2. The summed E-state index contributed by atoms with van der Waals surface area (Å²) >= 11 is 6.79. The molecule has 1 saturated heterocycles. The molecule has 0 aromatic heterocycles. The van der Waals surface area contributed by atoms with Gasteiger partial charge in [-0.05, 0) is 29.8 Å². The Morgan fingerprint density at radius 3 is 2.47 bits per heavy atom. The van der Waals surface area contributed by atoms with Crippen LogP contribution >= 0.6 is 24.0 Å². The van der Waals surface area contributed by atoms with Gasteiger partial charge in [0.1, 0.15) is 21.6 Å². The van der Waals surface area contributed by atoms with E-state index in [-0.39, 0.29) is 5.91 Å². The molecule has 1 aliphatic rings. The molecule has 1 amide bonds. The second-order valence-corrected chi connectivity index (χ2v) is 9.20.